The third kappa shape index (κ3) is 2.41. The summed E-state index contributed by atoms with van der Waals surface area (Å²) >= 11 is 9.33. The minimum absolute atomic E-state index is 0.137. The highest BCUT2D eigenvalue weighted by molar-refractivity contribution is 8.00. The molecule has 1 aliphatic heterocycles. The van der Waals surface area contributed by atoms with Gasteiger partial charge < -0.3 is 14.8 Å². The van der Waals surface area contributed by atoms with Crippen LogP contribution in [0, 0.1) is 11.3 Å². The Morgan fingerprint density at radius 2 is 2.25 bits per heavy atom. The molecule has 120 valence electrons. The van der Waals surface area contributed by atoms with Crippen LogP contribution in [-0.4, -0.2) is 23.0 Å². The van der Waals surface area contributed by atoms with E-state index in [9.17, 15) is 5.26 Å². The summed E-state index contributed by atoms with van der Waals surface area (Å²) in [6, 6.07) is 5.63. The lowest BCUT2D eigenvalue weighted by Crippen LogP contribution is -1.98. The molecule has 0 amide bonds. The third-order valence-electron chi connectivity index (χ3n) is 3.44. The predicted molar refractivity (Wildman–Crippen MR) is 94.8 cm³/mol. The Balaban J connectivity index is 1.90. The molecule has 0 unspecified atom stereocenters. The summed E-state index contributed by atoms with van der Waals surface area (Å²) in [5, 5.41) is 13.2. The molecule has 24 heavy (non-hydrogen) atoms. The predicted octanol–water partition coefficient (Wildman–Crippen LogP) is 4.41. The molecular weight excluding hydrogens is 368 g/mol. The molecule has 0 aliphatic carbocycles. The first-order valence-corrected chi connectivity index (χ1v) is 9.22. The summed E-state index contributed by atoms with van der Waals surface area (Å²) in [4.78, 5) is 8.69. The minimum Gasteiger partial charge on any atom is -0.454 e. The Kier molecular flexibility index (Phi) is 3.84. The Bertz CT molecular complexity index is 999. The number of fused-ring (bicyclic) bond motifs is 2. The number of thiazole rings is 1. The van der Waals surface area contributed by atoms with E-state index >= 15 is 0 Å². The van der Waals surface area contributed by atoms with Crippen molar-refractivity contribution in [3.63, 3.8) is 0 Å². The number of hydrogen-bond acceptors (Lipinski definition) is 8. The molecule has 0 bridgehead atoms. The molecule has 0 radical (unpaired) electrons. The van der Waals surface area contributed by atoms with Crippen molar-refractivity contribution in [2.24, 2.45) is 0 Å². The molecule has 0 spiro atoms. The molecule has 0 atom stereocenters. The number of aromatic nitrogens is 2. The first kappa shape index (κ1) is 15.3. The van der Waals surface area contributed by atoms with E-state index in [1.165, 1.54) is 29.3 Å². The first-order chi connectivity index (χ1) is 11.7. The molecule has 0 saturated heterocycles. The lowest BCUT2D eigenvalue weighted by molar-refractivity contribution is 0.174. The van der Waals surface area contributed by atoms with Crippen LogP contribution in [0.4, 0.5) is 11.4 Å². The first-order valence-electron chi connectivity index (χ1n) is 6.80. The van der Waals surface area contributed by atoms with Crippen molar-refractivity contribution in [2.45, 2.75) is 4.34 Å². The second-order valence-corrected chi connectivity index (χ2v) is 7.24. The van der Waals surface area contributed by atoms with E-state index in [1.807, 2.05) is 6.26 Å². The van der Waals surface area contributed by atoms with E-state index in [2.05, 4.69) is 21.4 Å². The summed E-state index contributed by atoms with van der Waals surface area (Å²) in [7, 11) is 0. The highest BCUT2D eigenvalue weighted by Gasteiger charge is 2.23. The molecule has 9 heteroatoms. The van der Waals surface area contributed by atoms with E-state index in [-0.39, 0.29) is 6.79 Å². The summed E-state index contributed by atoms with van der Waals surface area (Å²) in [6.07, 6.45) is 3.45. The normalized spacial score (nSPS) is 12.4. The van der Waals surface area contributed by atoms with Gasteiger partial charge in [-0.05, 0) is 18.4 Å². The molecule has 1 aromatic carbocycles. The summed E-state index contributed by atoms with van der Waals surface area (Å²) in [5.41, 5.74) is 2.18. The van der Waals surface area contributed by atoms with Gasteiger partial charge in [-0.3, -0.25) is 0 Å². The van der Waals surface area contributed by atoms with E-state index in [4.69, 9.17) is 21.1 Å². The maximum absolute atomic E-state index is 9.44. The van der Waals surface area contributed by atoms with Crippen molar-refractivity contribution in [3.05, 3.63) is 28.9 Å². The SMILES string of the molecule is CSc1nc2ncc(C#N)c(Nc3c(Cl)ccc4c3OCO4)c2s1. The zero-order valence-electron chi connectivity index (χ0n) is 12.3. The maximum atomic E-state index is 9.44. The van der Waals surface area contributed by atoms with Crippen molar-refractivity contribution >= 4 is 56.4 Å². The number of halogens is 1. The van der Waals surface area contributed by atoms with Gasteiger partial charge in [-0.2, -0.15) is 5.26 Å². The van der Waals surface area contributed by atoms with E-state index in [1.54, 1.807) is 12.1 Å². The number of nitrogens with zero attached hydrogens (tertiary/aromatic N) is 3. The number of ether oxygens (including phenoxy) is 2. The monoisotopic (exact) mass is 376 g/mol. The molecule has 3 heterocycles. The standard InChI is InChI=1S/C15H9ClN4O2S2/c1-23-15-20-14-13(24-15)10(7(4-17)5-18-14)19-11-8(16)2-3-9-12(11)22-6-21-9/h2-3,5H,6H2,1H3,(H,18,19). The Labute approximate surface area is 150 Å². The highest BCUT2D eigenvalue weighted by Crippen LogP contribution is 2.46. The van der Waals surface area contributed by atoms with Crippen LogP contribution < -0.4 is 14.8 Å². The molecule has 6 nitrogen and oxygen atoms in total. The van der Waals surface area contributed by atoms with Crippen LogP contribution in [0.2, 0.25) is 5.02 Å². The summed E-state index contributed by atoms with van der Waals surface area (Å²) in [5.74, 6) is 1.14. The minimum atomic E-state index is 0.137. The zero-order valence-corrected chi connectivity index (χ0v) is 14.7. The van der Waals surface area contributed by atoms with E-state index in [0.717, 1.165) is 9.04 Å². The largest absolute Gasteiger partial charge is 0.454 e. The number of anilines is 2. The number of rotatable bonds is 3. The second kappa shape index (κ2) is 6.02. The molecule has 1 N–H and O–H groups in total. The van der Waals surface area contributed by atoms with Gasteiger partial charge in [0.25, 0.3) is 0 Å². The van der Waals surface area contributed by atoms with Gasteiger partial charge in [0.2, 0.25) is 6.79 Å². The maximum Gasteiger partial charge on any atom is 0.231 e. The van der Waals surface area contributed by atoms with Crippen LogP contribution in [0.3, 0.4) is 0 Å². The molecule has 2 aromatic heterocycles. The fourth-order valence-corrected chi connectivity index (χ4v) is 4.06. The molecule has 4 rings (SSSR count). The van der Waals surface area contributed by atoms with Gasteiger partial charge in [0, 0.05) is 6.20 Å². The smallest absolute Gasteiger partial charge is 0.231 e. The van der Waals surface area contributed by atoms with Gasteiger partial charge >= 0.3 is 0 Å². The van der Waals surface area contributed by atoms with Crippen molar-refractivity contribution in [1.29, 1.82) is 5.26 Å². The van der Waals surface area contributed by atoms with E-state index < -0.39 is 0 Å². The number of pyridine rings is 1. The summed E-state index contributed by atoms with van der Waals surface area (Å²) in [6.45, 7) is 0.137. The van der Waals surface area contributed by atoms with Crippen LogP contribution in [0.5, 0.6) is 11.5 Å². The van der Waals surface area contributed by atoms with E-state index in [0.29, 0.717) is 39.1 Å². The van der Waals surface area contributed by atoms with Gasteiger partial charge in [-0.1, -0.05) is 23.4 Å². The Morgan fingerprint density at radius 3 is 3.04 bits per heavy atom. The molecule has 0 fully saturated rings. The number of thioether (sulfide) groups is 1. The van der Waals surface area contributed by atoms with Gasteiger partial charge in [-0.15, -0.1) is 11.3 Å². The molecule has 1 aliphatic rings. The van der Waals surface area contributed by atoms with Crippen molar-refractivity contribution in [2.75, 3.05) is 18.4 Å². The number of nitrogens with one attached hydrogen (secondary N) is 1. The number of nitriles is 1. The van der Waals surface area contributed by atoms with Gasteiger partial charge in [0.05, 0.1) is 21.0 Å². The van der Waals surface area contributed by atoms with Crippen LogP contribution in [0.25, 0.3) is 10.3 Å². The Morgan fingerprint density at radius 1 is 1.38 bits per heavy atom. The fraction of sp³-hybridized carbons (Fsp3) is 0.133. The van der Waals surface area contributed by atoms with Gasteiger partial charge in [0.1, 0.15) is 11.8 Å². The molecule has 0 saturated carbocycles. The lowest BCUT2D eigenvalue weighted by atomic mass is 10.2. The van der Waals surface area contributed by atoms with Crippen molar-refractivity contribution < 1.29 is 9.47 Å². The van der Waals surface area contributed by atoms with Crippen LogP contribution >= 0.6 is 34.7 Å². The third-order valence-corrected chi connectivity index (χ3v) is 5.80. The van der Waals surface area contributed by atoms with Crippen LogP contribution in [0.1, 0.15) is 5.56 Å². The lowest BCUT2D eigenvalue weighted by Gasteiger charge is -2.12. The van der Waals surface area contributed by atoms with Crippen molar-refractivity contribution in [3.8, 4) is 17.6 Å². The number of hydrogen-bond donors (Lipinski definition) is 1. The zero-order chi connectivity index (χ0) is 16.7. The summed E-state index contributed by atoms with van der Waals surface area (Å²) < 4.78 is 12.6. The molecule has 3 aromatic rings. The van der Waals surface area contributed by atoms with Gasteiger partial charge in [-0.25, -0.2) is 9.97 Å². The van der Waals surface area contributed by atoms with Gasteiger partial charge in [0.15, 0.2) is 21.5 Å². The Hall–Kier alpha value is -2.21. The average molecular weight is 377 g/mol. The fourth-order valence-electron chi connectivity index (χ4n) is 2.34. The topological polar surface area (TPSA) is 80.1 Å². The quantitative estimate of drug-likeness (QED) is 0.678. The van der Waals surface area contributed by atoms with Crippen molar-refractivity contribution in [1.82, 2.24) is 9.97 Å². The molecular formula is C15H9ClN4O2S2. The number of benzene rings is 1. The van der Waals surface area contributed by atoms with Crippen LogP contribution in [-0.2, 0) is 0 Å². The highest BCUT2D eigenvalue weighted by atomic mass is 35.5. The van der Waals surface area contributed by atoms with Crippen LogP contribution in [0.15, 0.2) is 22.7 Å². The average Bonchev–Trinajstić information content (AvgIpc) is 3.23. The second-order valence-electron chi connectivity index (χ2n) is 4.78.